The van der Waals surface area contributed by atoms with Gasteiger partial charge in [0.15, 0.2) is 0 Å². The standard InChI is InChI=1S/C19H18N4O2S2/c1-12-7-8-26-16(12)10-23(2)17(24)11-27-19-22-21-18(25-19)14-9-20-15-6-4-3-5-13(14)15/h3-9,20H,10-11H2,1-2H3. The first-order chi connectivity index (χ1) is 13.1. The molecule has 3 heterocycles. The van der Waals surface area contributed by atoms with Crippen molar-refractivity contribution < 1.29 is 9.21 Å². The van der Waals surface area contributed by atoms with E-state index < -0.39 is 0 Å². The maximum absolute atomic E-state index is 12.4. The Bertz CT molecular complexity index is 1080. The number of aromatic amines is 1. The predicted molar refractivity (Wildman–Crippen MR) is 108 cm³/mol. The van der Waals surface area contributed by atoms with Crippen LogP contribution in [0.2, 0.25) is 0 Å². The number of hydrogen-bond acceptors (Lipinski definition) is 6. The number of thiophene rings is 1. The van der Waals surface area contributed by atoms with Gasteiger partial charge in [-0.2, -0.15) is 0 Å². The number of fused-ring (bicyclic) bond motifs is 1. The normalized spacial score (nSPS) is 11.2. The topological polar surface area (TPSA) is 75.0 Å². The van der Waals surface area contributed by atoms with Gasteiger partial charge in [-0.05, 0) is 30.0 Å². The molecule has 3 aromatic heterocycles. The molecule has 0 atom stereocenters. The zero-order chi connectivity index (χ0) is 18.8. The monoisotopic (exact) mass is 398 g/mol. The van der Waals surface area contributed by atoms with E-state index in [0.29, 0.717) is 17.7 Å². The van der Waals surface area contributed by atoms with E-state index in [4.69, 9.17) is 4.42 Å². The van der Waals surface area contributed by atoms with Gasteiger partial charge in [0.05, 0.1) is 17.9 Å². The van der Waals surface area contributed by atoms with E-state index in [-0.39, 0.29) is 11.7 Å². The molecule has 1 aromatic carbocycles. The van der Waals surface area contributed by atoms with Crippen LogP contribution in [0.4, 0.5) is 0 Å². The summed E-state index contributed by atoms with van der Waals surface area (Å²) in [5.74, 6) is 0.737. The van der Waals surface area contributed by atoms with Gasteiger partial charge in [-0.1, -0.05) is 30.0 Å². The third-order valence-corrected chi connectivity index (χ3v) is 6.13. The number of nitrogens with one attached hydrogen (secondary N) is 1. The van der Waals surface area contributed by atoms with Gasteiger partial charge in [-0.15, -0.1) is 21.5 Å². The zero-order valence-corrected chi connectivity index (χ0v) is 16.6. The third-order valence-electron chi connectivity index (χ3n) is 4.32. The molecule has 138 valence electrons. The number of thioether (sulfide) groups is 1. The van der Waals surface area contributed by atoms with Gasteiger partial charge in [-0.25, -0.2) is 0 Å². The second-order valence-electron chi connectivity index (χ2n) is 6.19. The average molecular weight is 399 g/mol. The fraction of sp³-hybridized carbons (Fsp3) is 0.211. The molecule has 1 amide bonds. The van der Waals surface area contributed by atoms with Crippen LogP contribution in [0.25, 0.3) is 22.4 Å². The lowest BCUT2D eigenvalue weighted by Crippen LogP contribution is -2.27. The molecule has 4 rings (SSSR count). The zero-order valence-electron chi connectivity index (χ0n) is 14.9. The van der Waals surface area contributed by atoms with Crippen LogP contribution in [-0.2, 0) is 11.3 Å². The lowest BCUT2D eigenvalue weighted by atomic mass is 10.2. The van der Waals surface area contributed by atoms with Crippen molar-refractivity contribution in [3.63, 3.8) is 0 Å². The summed E-state index contributed by atoms with van der Waals surface area (Å²) in [4.78, 5) is 18.5. The summed E-state index contributed by atoms with van der Waals surface area (Å²) < 4.78 is 5.74. The Balaban J connectivity index is 1.39. The Morgan fingerprint density at radius 2 is 2.15 bits per heavy atom. The van der Waals surface area contributed by atoms with E-state index in [1.165, 1.54) is 22.2 Å². The first kappa shape index (κ1) is 17.8. The molecule has 4 aromatic rings. The van der Waals surface area contributed by atoms with Crippen molar-refractivity contribution in [2.24, 2.45) is 0 Å². The largest absolute Gasteiger partial charge is 0.411 e. The molecule has 0 aliphatic heterocycles. The van der Waals surface area contributed by atoms with Crippen LogP contribution in [0, 0.1) is 6.92 Å². The summed E-state index contributed by atoms with van der Waals surface area (Å²) in [6, 6.07) is 10.0. The highest BCUT2D eigenvalue weighted by atomic mass is 32.2. The summed E-state index contributed by atoms with van der Waals surface area (Å²) in [7, 11) is 1.81. The van der Waals surface area contributed by atoms with Crippen LogP contribution in [0.5, 0.6) is 0 Å². The van der Waals surface area contributed by atoms with Crippen molar-refractivity contribution in [1.82, 2.24) is 20.1 Å². The summed E-state index contributed by atoms with van der Waals surface area (Å²) in [5, 5.41) is 11.7. The second kappa shape index (κ2) is 7.58. The van der Waals surface area contributed by atoms with Crippen molar-refractivity contribution in [3.8, 4) is 11.5 Å². The van der Waals surface area contributed by atoms with E-state index in [0.717, 1.165) is 16.5 Å². The molecule has 0 saturated heterocycles. The number of H-pyrrole nitrogens is 1. The minimum absolute atomic E-state index is 0.0274. The smallest absolute Gasteiger partial charge is 0.277 e. The van der Waals surface area contributed by atoms with E-state index in [9.17, 15) is 4.79 Å². The Morgan fingerprint density at radius 3 is 2.96 bits per heavy atom. The SMILES string of the molecule is Cc1ccsc1CN(C)C(=O)CSc1nnc(-c2c[nH]c3ccccc23)o1. The molecule has 0 aliphatic carbocycles. The highest BCUT2D eigenvalue weighted by Crippen LogP contribution is 2.29. The van der Waals surface area contributed by atoms with Gasteiger partial charge in [0, 0.05) is 29.0 Å². The maximum atomic E-state index is 12.4. The van der Waals surface area contributed by atoms with Crippen LogP contribution in [-0.4, -0.2) is 38.8 Å². The van der Waals surface area contributed by atoms with Crippen molar-refractivity contribution >= 4 is 39.9 Å². The van der Waals surface area contributed by atoms with E-state index in [1.54, 1.807) is 16.2 Å². The number of carbonyl (C=O) groups is 1. The van der Waals surface area contributed by atoms with Crippen LogP contribution in [0.1, 0.15) is 10.4 Å². The van der Waals surface area contributed by atoms with Crippen LogP contribution < -0.4 is 0 Å². The van der Waals surface area contributed by atoms with Crippen molar-refractivity contribution in [2.45, 2.75) is 18.7 Å². The number of amides is 1. The molecule has 6 nitrogen and oxygen atoms in total. The Morgan fingerprint density at radius 1 is 1.30 bits per heavy atom. The molecular formula is C19H18N4O2S2. The lowest BCUT2D eigenvalue weighted by Gasteiger charge is -2.16. The number of aryl methyl sites for hydroxylation is 1. The van der Waals surface area contributed by atoms with Gasteiger partial charge in [0.25, 0.3) is 11.1 Å². The Hall–Kier alpha value is -2.58. The third kappa shape index (κ3) is 3.77. The summed E-state index contributed by atoms with van der Waals surface area (Å²) in [6.45, 7) is 2.68. The fourth-order valence-electron chi connectivity index (χ4n) is 2.73. The van der Waals surface area contributed by atoms with Crippen molar-refractivity contribution in [2.75, 3.05) is 12.8 Å². The fourth-order valence-corrected chi connectivity index (χ4v) is 4.39. The maximum Gasteiger partial charge on any atom is 0.277 e. The Kier molecular flexibility index (Phi) is 5.00. The van der Waals surface area contributed by atoms with E-state index in [1.807, 2.05) is 42.9 Å². The molecule has 0 unspecified atom stereocenters. The quantitative estimate of drug-likeness (QED) is 0.489. The first-order valence-electron chi connectivity index (χ1n) is 8.41. The van der Waals surface area contributed by atoms with E-state index >= 15 is 0 Å². The van der Waals surface area contributed by atoms with E-state index in [2.05, 4.69) is 28.2 Å². The lowest BCUT2D eigenvalue weighted by molar-refractivity contribution is -0.127. The molecule has 0 radical (unpaired) electrons. The molecule has 8 heteroatoms. The molecule has 27 heavy (non-hydrogen) atoms. The van der Waals surface area contributed by atoms with Gasteiger partial charge >= 0.3 is 0 Å². The molecule has 0 spiro atoms. The molecule has 0 fully saturated rings. The molecular weight excluding hydrogens is 380 g/mol. The number of para-hydroxylation sites is 1. The van der Waals surface area contributed by atoms with Crippen molar-refractivity contribution in [1.29, 1.82) is 0 Å². The average Bonchev–Trinajstić information content (AvgIpc) is 3.39. The highest BCUT2D eigenvalue weighted by Gasteiger charge is 2.16. The molecule has 0 aliphatic rings. The number of aromatic nitrogens is 3. The van der Waals surface area contributed by atoms with Gasteiger partial charge in [0.1, 0.15) is 0 Å². The van der Waals surface area contributed by atoms with Gasteiger partial charge in [-0.3, -0.25) is 4.79 Å². The predicted octanol–water partition coefficient (Wildman–Crippen LogP) is 4.34. The van der Waals surface area contributed by atoms with Gasteiger partial charge < -0.3 is 14.3 Å². The van der Waals surface area contributed by atoms with Crippen LogP contribution in [0.3, 0.4) is 0 Å². The molecule has 0 saturated carbocycles. The van der Waals surface area contributed by atoms with Crippen molar-refractivity contribution in [3.05, 3.63) is 52.3 Å². The number of rotatable bonds is 6. The number of hydrogen-bond donors (Lipinski definition) is 1. The highest BCUT2D eigenvalue weighted by molar-refractivity contribution is 7.99. The molecule has 1 N–H and O–H groups in total. The van der Waals surface area contributed by atoms with Gasteiger partial charge in [0.2, 0.25) is 5.91 Å². The number of carbonyl (C=O) groups excluding carboxylic acids is 1. The van der Waals surface area contributed by atoms with Crippen LogP contribution >= 0.6 is 23.1 Å². The number of nitrogens with zero attached hydrogens (tertiary/aromatic N) is 3. The minimum atomic E-state index is 0.0274. The number of benzene rings is 1. The Labute approximate surface area is 164 Å². The first-order valence-corrected chi connectivity index (χ1v) is 10.3. The molecule has 0 bridgehead atoms. The van der Waals surface area contributed by atoms with Crippen LogP contribution in [0.15, 0.2) is 51.5 Å². The summed E-state index contributed by atoms with van der Waals surface area (Å²) in [5.41, 5.74) is 3.09. The second-order valence-corrected chi connectivity index (χ2v) is 8.11. The summed E-state index contributed by atoms with van der Waals surface area (Å²) in [6.07, 6.45) is 1.86. The minimum Gasteiger partial charge on any atom is -0.411 e. The summed E-state index contributed by atoms with van der Waals surface area (Å²) >= 11 is 2.93.